The smallest absolute Gasteiger partial charge is 0.317 e. The van der Waals surface area contributed by atoms with Crippen molar-refractivity contribution in [3.63, 3.8) is 0 Å². The number of esters is 1. The van der Waals surface area contributed by atoms with Gasteiger partial charge in [-0.2, -0.15) is 0 Å². The second-order valence-electron chi connectivity index (χ2n) is 20.0. The maximum absolute atomic E-state index is 13.5. The second-order valence-corrected chi connectivity index (χ2v) is 20.0. The zero-order chi connectivity index (χ0) is 50.6. The Morgan fingerprint density at radius 3 is 2.53 bits per heavy atom. The minimum Gasteiger partial charge on any atom is -0.487 e. The molecule has 4 bridgehead atoms. The molecule has 11 N–H and O–H groups in total. The first-order chi connectivity index (χ1) is 35.3. The SMILES string of the molecule is N[C@@H]1NC=C[C@@]2(O[C@H]3Oc4cc5c(c(Cn6cc7cc[nH]c7c6CO)c4CC4(CCCC4)[C@@]3(O)[C@@H](O)[C@@H]2O)[C@@H]2Oc3c4ccc(OCO)c3OC[C@H](O)C#C[C@@H](c3ccccc3)[C@H](O5)[C@@H]42)[C@H]1OC(=O)CC(=O)O. The summed E-state index contributed by atoms with van der Waals surface area (Å²) >= 11 is 0. The van der Waals surface area contributed by atoms with Crippen LogP contribution in [0.1, 0.15) is 83.6 Å². The zero-order valence-electron chi connectivity index (χ0n) is 39.2. The van der Waals surface area contributed by atoms with Crippen molar-refractivity contribution in [1.29, 1.82) is 0 Å². The van der Waals surface area contributed by atoms with E-state index in [9.17, 15) is 45.3 Å². The molecule has 2 aromatic heterocycles. The fourth-order valence-electron chi connectivity index (χ4n) is 12.8. The van der Waals surface area contributed by atoms with Crippen LogP contribution < -0.4 is 34.7 Å². The van der Waals surface area contributed by atoms with Gasteiger partial charge in [-0.05, 0) is 54.8 Å². The van der Waals surface area contributed by atoms with E-state index in [4.69, 9.17) is 38.9 Å². The summed E-state index contributed by atoms with van der Waals surface area (Å²) in [4.78, 5) is 27.9. The Balaban J connectivity index is 1.09. The van der Waals surface area contributed by atoms with Crippen LogP contribution in [0.3, 0.4) is 0 Å². The Kier molecular flexibility index (Phi) is 11.5. The van der Waals surface area contributed by atoms with Gasteiger partial charge in [0.15, 0.2) is 35.6 Å². The van der Waals surface area contributed by atoms with E-state index in [1.54, 1.807) is 18.3 Å². The van der Waals surface area contributed by atoms with Crippen LogP contribution in [0.5, 0.6) is 28.7 Å². The maximum atomic E-state index is 13.5. The Bertz CT molecular complexity index is 3100. The Hall–Kier alpha value is -6.80. The first-order valence-electron chi connectivity index (χ1n) is 24.4. The summed E-state index contributed by atoms with van der Waals surface area (Å²) in [6, 6.07) is 16.6. The van der Waals surface area contributed by atoms with Crippen LogP contribution in [0.2, 0.25) is 0 Å². The summed E-state index contributed by atoms with van der Waals surface area (Å²) in [5.41, 5.74) is 5.31. The number of aliphatic carboxylic acids is 1. The molecule has 2 spiro atoms. The molecule has 8 heterocycles. The molecule has 0 radical (unpaired) electrons. The predicted molar refractivity (Wildman–Crippen MR) is 253 cm³/mol. The Morgan fingerprint density at radius 1 is 0.959 bits per heavy atom. The number of hydrogen-bond acceptors (Lipinski definition) is 17. The van der Waals surface area contributed by atoms with Crippen LogP contribution in [0, 0.1) is 17.3 Å². The molecule has 2 fully saturated rings. The number of nitrogens with one attached hydrogen (secondary N) is 2. The van der Waals surface area contributed by atoms with Gasteiger partial charge in [0.25, 0.3) is 0 Å². The van der Waals surface area contributed by atoms with Crippen LogP contribution in [0.25, 0.3) is 10.9 Å². The van der Waals surface area contributed by atoms with Gasteiger partial charge in [-0.25, -0.2) is 0 Å². The molecule has 0 unspecified atom stereocenters. The van der Waals surface area contributed by atoms with Gasteiger partial charge < -0.3 is 89.5 Å². The molecule has 0 amide bonds. The van der Waals surface area contributed by atoms with E-state index < -0.39 is 103 Å². The van der Waals surface area contributed by atoms with E-state index >= 15 is 0 Å². The molecule has 1 saturated heterocycles. The summed E-state index contributed by atoms with van der Waals surface area (Å²) in [5, 5.41) is 83.9. The van der Waals surface area contributed by atoms with Gasteiger partial charge in [-0.3, -0.25) is 9.59 Å². The molecule has 382 valence electrons. The first-order valence-corrected chi connectivity index (χ1v) is 24.4. The average Bonchev–Trinajstić information content (AvgIpc) is 4.19. The zero-order valence-corrected chi connectivity index (χ0v) is 39.2. The van der Waals surface area contributed by atoms with Crippen molar-refractivity contribution in [2.45, 2.75) is 124 Å². The summed E-state index contributed by atoms with van der Waals surface area (Å²) < 4.78 is 47.9. The molecule has 12 atom stereocenters. The number of aromatic nitrogens is 2. The topological polar surface area (TPSA) is 299 Å². The number of carbonyl (C=O) groups excluding carboxylic acids is 1. The molecule has 5 aromatic rings. The summed E-state index contributed by atoms with van der Waals surface area (Å²) in [6.45, 7) is -1.17. The third kappa shape index (κ3) is 7.20. The quantitative estimate of drug-likeness (QED) is 0.0438. The second kappa shape index (κ2) is 17.7. The number of carboxylic acid groups (broad SMARTS) is 1. The van der Waals surface area contributed by atoms with Gasteiger partial charge in [0, 0.05) is 52.5 Å². The number of hydrogen-bond donors (Lipinski definition) is 10. The number of aliphatic hydroxyl groups excluding tert-OH is 5. The van der Waals surface area contributed by atoms with E-state index in [0.29, 0.717) is 65.1 Å². The van der Waals surface area contributed by atoms with E-state index in [2.05, 4.69) is 22.1 Å². The molecule has 1 aliphatic carbocycles. The first kappa shape index (κ1) is 47.2. The van der Waals surface area contributed by atoms with E-state index in [-0.39, 0.29) is 43.4 Å². The van der Waals surface area contributed by atoms with E-state index in [1.807, 2.05) is 53.2 Å². The fourth-order valence-corrected chi connectivity index (χ4v) is 12.8. The molecule has 20 nitrogen and oxygen atoms in total. The molecular formula is C53H54N4O16. The van der Waals surface area contributed by atoms with Crippen LogP contribution in [-0.2, 0) is 38.6 Å². The third-order valence-corrected chi connectivity index (χ3v) is 16.1. The van der Waals surface area contributed by atoms with Crippen molar-refractivity contribution in [1.82, 2.24) is 14.9 Å². The summed E-state index contributed by atoms with van der Waals surface area (Å²) in [5.74, 6) is 3.45. The van der Waals surface area contributed by atoms with E-state index in [1.165, 1.54) is 12.3 Å². The van der Waals surface area contributed by atoms with Crippen molar-refractivity contribution in [3.8, 4) is 40.6 Å². The van der Waals surface area contributed by atoms with Crippen molar-refractivity contribution < 1.29 is 78.5 Å². The summed E-state index contributed by atoms with van der Waals surface area (Å²) in [6.07, 6.45) is -4.28. The number of nitrogens with two attached hydrogens (primary N) is 1. The molecule has 6 aliphatic heterocycles. The molecule has 73 heavy (non-hydrogen) atoms. The number of rotatable bonds is 9. The molecular weight excluding hydrogens is 949 g/mol. The van der Waals surface area contributed by atoms with Crippen molar-refractivity contribution in [2.24, 2.45) is 11.1 Å². The van der Waals surface area contributed by atoms with Crippen LogP contribution in [-0.4, -0.2) is 125 Å². The van der Waals surface area contributed by atoms with Crippen LogP contribution in [0.4, 0.5) is 0 Å². The Labute approximate surface area is 416 Å². The lowest BCUT2D eigenvalue weighted by molar-refractivity contribution is -0.377. The number of benzene rings is 3. The molecule has 12 rings (SSSR count). The van der Waals surface area contributed by atoms with Crippen LogP contribution in [0.15, 0.2) is 79.3 Å². The number of nitrogens with zero attached hydrogens (tertiary/aromatic N) is 1. The normalized spacial score (nSPS) is 31.9. The van der Waals surface area contributed by atoms with Gasteiger partial charge in [-0.1, -0.05) is 61.1 Å². The average molecular weight is 1000 g/mol. The monoisotopic (exact) mass is 1000 g/mol. The molecule has 3 aromatic carbocycles. The number of H-pyrrole nitrogens is 1. The van der Waals surface area contributed by atoms with Gasteiger partial charge >= 0.3 is 11.9 Å². The number of carbonyl (C=O) groups is 2. The minimum absolute atomic E-state index is 0.0756. The number of aromatic amines is 1. The fraction of sp³-hybridized carbons (Fsp3) is 0.434. The van der Waals surface area contributed by atoms with Crippen LogP contribution >= 0.6 is 0 Å². The lowest BCUT2D eigenvalue weighted by Gasteiger charge is -2.59. The molecule has 20 heteroatoms. The Morgan fingerprint density at radius 2 is 1.77 bits per heavy atom. The number of aliphatic hydroxyl groups is 6. The predicted octanol–water partition coefficient (Wildman–Crippen LogP) is 2.19. The summed E-state index contributed by atoms with van der Waals surface area (Å²) in [7, 11) is 0. The van der Waals surface area contributed by atoms with E-state index in [0.717, 1.165) is 16.5 Å². The molecule has 7 aliphatic rings. The van der Waals surface area contributed by atoms with Gasteiger partial charge in [-0.15, -0.1) is 0 Å². The lowest BCUT2D eigenvalue weighted by Crippen LogP contribution is -2.80. The van der Waals surface area contributed by atoms with Crippen molar-refractivity contribution in [3.05, 3.63) is 113 Å². The number of ether oxygens (including phenoxy) is 7. The third-order valence-electron chi connectivity index (χ3n) is 16.1. The standard InChI is InChI=1S/C53H54N4O16/c54-49-48(71-38(63)19-37(61)62)52(15-17-56-49)46(64)47(65)53(66)50(73-52)70-35-18-36-39(32(31(35)20-51(53)13-4-5-14-51)22-57-21-27-12-16-55-41(27)33(57)23-58)45-40-30-10-11-34(68-25-59)44(43(30)72-45)67-24-28(60)8-9-29(42(40)69-36)26-6-2-1-3-7-26/h1-3,6-7,10-12,15-18,21,28-29,40,42,45-50,55-56,58-60,64-66H,4-5,13-14,19-20,22-25,54H2,(H,61,62)/t28-,29+,40-,42+,45+,46+,47+,48+,49-,50-,52+,53-/m1/s1. The largest absolute Gasteiger partial charge is 0.487 e. The minimum atomic E-state index is -2.35. The van der Waals surface area contributed by atoms with Gasteiger partial charge in [0.05, 0.1) is 29.7 Å². The van der Waals surface area contributed by atoms with Gasteiger partial charge in [0.2, 0.25) is 12.0 Å². The van der Waals surface area contributed by atoms with Crippen molar-refractivity contribution in [2.75, 3.05) is 13.4 Å². The lowest BCUT2D eigenvalue weighted by atomic mass is 9.60. The number of fused-ring (bicyclic) bond motifs is 6. The number of carboxylic acids is 1. The van der Waals surface area contributed by atoms with Crippen molar-refractivity contribution >= 4 is 22.8 Å². The highest BCUT2D eigenvalue weighted by molar-refractivity contribution is 5.90. The highest BCUT2D eigenvalue weighted by Crippen LogP contribution is 2.64. The highest BCUT2D eigenvalue weighted by atomic mass is 16.7. The molecule has 1 saturated carbocycles. The maximum Gasteiger partial charge on any atom is 0.317 e. The van der Waals surface area contributed by atoms with Gasteiger partial charge in [0.1, 0.15) is 61.2 Å². The highest BCUT2D eigenvalue weighted by Gasteiger charge is 2.73.